The zero-order chi connectivity index (χ0) is 20.6. The summed E-state index contributed by atoms with van der Waals surface area (Å²) in [6.07, 6.45) is 4.54. The Labute approximate surface area is 171 Å². The minimum Gasteiger partial charge on any atom is -0.488 e. The first kappa shape index (κ1) is 20.9. The fourth-order valence-electron chi connectivity index (χ4n) is 3.48. The van der Waals surface area contributed by atoms with Gasteiger partial charge in [-0.05, 0) is 45.2 Å². The molecule has 29 heavy (non-hydrogen) atoms. The fraction of sp³-hybridized carbons (Fsp3) is 0.500. The van der Waals surface area contributed by atoms with Gasteiger partial charge in [-0.15, -0.1) is 0 Å². The Morgan fingerprint density at radius 2 is 2.07 bits per heavy atom. The molecule has 0 aliphatic carbocycles. The summed E-state index contributed by atoms with van der Waals surface area (Å²) in [5.41, 5.74) is 2.17. The predicted octanol–water partition coefficient (Wildman–Crippen LogP) is 3.39. The van der Waals surface area contributed by atoms with Gasteiger partial charge in [0.15, 0.2) is 0 Å². The molecule has 7 nitrogen and oxygen atoms in total. The predicted molar refractivity (Wildman–Crippen MR) is 109 cm³/mol. The van der Waals surface area contributed by atoms with Gasteiger partial charge in [0.1, 0.15) is 18.1 Å². The summed E-state index contributed by atoms with van der Waals surface area (Å²) < 4.78 is 11.0. The number of aryl methyl sites for hydroxylation is 2. The van der Waals surface area contributed by atoms with Crippen molar-refractivity contribution >= 4 is 11.8 Å². The molecule has 0 bridgehead atoms. The summed E-state index contributed by atoms with van der Waals surface area (Å²) >= 11 is 0. The SMILES string of the molecule is Cc1noc(C)c1COc1ccccc1C(=O)NCCCN1CCCCCC1=O. The highest BCUT2D eigenvalue weighted by Gasteiger charge is 2.17. The van der Waals surface area contributed by atoms with Crippen LogP contribution in [-0.2, 0) is 11.4 Å². The molecule has 2 aromatic rings. The molecule has 0 spiro atoms. The average molecular weight is 399 g/mol. The third kappa shape index (κ3) is 5.59. The number of hydrogen-bond donors (Lipinski definition) is 1. The first-order chi connectivity index (χ1) is 14.1. The molecular weight excluding hydrogens is 370 g/mol. The number of benzene rings is 1. The highest BCUT2D eigenvalue weighted by molar-refractivity contribution is 5.96. The van der Waals surface area contributed by atoms with Crippen molar-refractivity contribution in [3.05, 3.63) is 46.8 Å². The Balaban J connectivity index is 1.51. The summed E-state index contributed by atoms with van der Waals surface area (Å²) in [5.74, 6) is 1.29. The lowest BCUT2D eigenvalue weighted by atomic mass is 10.1. The van der Waals surface area contributed by atoms with Crippen LogP contribution in [0.4, 0.5) is 0 Å². The smallest absolute Gasteiger partial charge is 0.255 e. The van der Waals surface area contributed by atoms with Crippen LogP contribution in [0, 0.1) is 13.8 Å². The lowest BCUT2D eigenvalue weighted by Gasteiger charge is -2.20. The monoisotopic (exact) mass is 399 g/mol. The van der Waals surface area contributed by atoms with Crippen LogP contribution in [0.5, 0.6) is 5.75 Å². The molecule has 1 aliphatic heterocycles. The quantitative estimate of drug-likeness (QED) is 0.688. The van der Waals surface area contributed by atoms with E-state index in [1.54, 1.807) is 12.1 Å². The van der Waals surface area contributed by atoms with E-state index >= 15 is 0 Å². The van der Waals surface area contributed by atoms with Crippen molar-refractivity contribution in [2.24, 2.45) is 0 Å². The van der Waals surface area contributed by atoms with Crippen LogP contribution in [0.3, 0.4) is 0 Å². The number of amides is 2. The average Bonchev–Trinajstić information content (AvgIpc) is 2.90. The number of aromatic nitrogens is 1. The molecule has 0 atom stereocenters. The van der Waals surface area contributed by atoms with Gasteiger partial charge in [0.05, 0.1) is 16.8 Å². The molecule has 1 fully saturated rings. The van der Waals surface area contributed by atoms with Crippen LogP contribution in [0.25, 0.3) is 0 Å². The lowest BCUT2D eigenvalue weighted by molar-refractivity contribution is -0.130. The number of carbonyl (C=O) groups is 2. The normalized spacial score (nSPS) is 14.6. The van der Waals surface area contributed by atoms with E-state index in [0.717, 1.165) is 43.5 Å². The number of nitrogens with one attached hydrogen (secondary N) is 1. The molecule has 1 aromatic heterocycles. The van der Waals surface area contributed by atoms with Gasteiger partial charge in [-0.25, -0.2) is 0 Å². The van der Waals surface area contributed by atoms with Crippen LogP contribution in [0.1, 0.15) is 59.5 Å². The van der Waals surface area contributed by atoms with Crippen LogP contribution in [0.2, 0.25) is 0 Å². The molecule has 3 rings (SSSR count). The molecule has 7 heteroatoms. The second kappa shape index (κ2) is 10.1. The van der Waals surface area contributed by atoms with E-state index in [-0.39, 0.29) is 11.8 Å². The van der Waals surface area contributed by atoms with Crippen LogP contribution in [-0.4, -0.2) is 41.5 Å². The van der Waals surface area contributed by atoms with Gasteiger partial charge in [-0.2, -0.15) is 0 Å². The van der Waals surface area contributed by atoms with Crippen LogP contribution in [0.15, 0.2) is 28.8 Å². The lowest BCUT2D eigenvalue weighted by Crippen LogP contribution is -2.34. The van der Waals surface area contributed by atoms with E-state index < -0.39 is 0 Å². The summed E-state index contributed by atoms with van der Waals surface area (Å²) in [7, 11) is 0. The van der Waals surface area contributed by atoms with Crippen molar-refractivity contribution in [1.82, 2.24) is 15.4 Å². The standard InChI is InChI=1S/C22H29N3O4/c1-16-19(17(2)29-24-16)15-28-20-10-6-5-9-18(20)22(27)23-12-8-14-25-13-7-3-4-11-21(25)26/h5-6,9-10H,3-4,7-8,11-15H2,1-2H3,(H,23,27). The van der Waals surface area contributed by atoms with Gasteiger partial charge in [-0.3, -0.25) is 9.59 Å². The maximum absolute atomic E-state index is 12.6. The van der Waals surface area contributed by atoms with Gasteiger partial charge in [0.2, 0.25) is 5.91 Å². The number of likely N-dealkylation sites (tertiary alicyclic amines) is 1. The van der Waals surface area contributed by atoms with E-state index in [1.165, 1.54) is 0 Å². The summed E-state index contributed by atoms with van der Waals surface area (Å²) in [6.45, 7) is 6.02. The van der Waals surface area contributed by atoms with Crippen molar-refractivity contribution in [3.8, 4) is 5.75 Å². The number of ether oxygens (including phenoxy) is 1. The third-order valence-corrected chi connectivity index (χ3v) is 5.25. The first-order valence-electron chi connectivity index (χ1n) is 10.3. The molecular formula is C22H29N3O4. The summed E-state index contributed by atoms with van der Waals surface area (Å²) in [5, 5.41) is 6.86. The van der Waals surface area contributed by atoms with E-state index in [1.807, 2.05) is 30.9 Å². The zero-order valence-electron chi connectivity index (χ0n) is 17.2. The summed E-state index contributed by atoms with van der Waals surface area (Å²) in [4.78, 5) is 26.6. The number of rotatable bonds is 8. The van der Waals surface area contributed by atoms with E-state index in [0.29, 0.717) is 43.2 Å². The number of nitrogens with zero attached hydrogens (tertiary/aromatic N) is 2. The van der Waals surface area contributed by atoms with E-state index in [2.05, 4.69) is 10.5 Å². The van der Waals surface area contributed by atoms with Crippen molar-refractivity contribution in [2.75, 3.05) is 19.6 Å². The minimum absolute atomic E-state index is 0.179. The van der Waals surface area contributed by atoms with Gasteiger partial charge >= 0.3 is 0 Å². The van der Waals surface area contributed by atoms with Crippen molar-refractivity contribution in [2.45, 2.75) is 52.6 Å². The topological polar surface area (TPSA) is 84.7 Å². The van der Waals surface area contributed by atoms with Crippen molar-refractivity contribution in [3.63, 3.8) is 0 Å². The molecule has 1 aromatic carbocycles. The molecule has 1 N–H and O–H groups in total. The molecule has 1 aliphatic rings. The summed E-state index contributed by atoms with van der Waals surface area (Å²) in [6, 6.07) is 7.18. The number of para-hydroxylation sites is 1. The highest BCUT2D eigenvalue weighted by Crippen LogP contribution is 2.21. The third-order valence-electron chi connectivity index (χ3n) is 5.25. The maximum atomic E-state index is 12.6. The second-order valence-corrected chi connectivity index (χ2v) is 7.39. The van der Waals surface area contributed by atoms with Crippen molar-refractivity contribution in [1.29, 1.82) is 0 Å². The molecule has 2 amide bonds. The number of carbonyl (C=O) groups excluding carboxylic acids is 2. The largest absolute Gasteiger partial charge is 0.488 e. The second-order valence-electron chi connectivity index (χ2n) is 7.39. The Morgan fingerprint density at radius 3 is 2.86 bits per heavy atom. The first-order valence-corrected chi connectivity index (χ1v) is 10.3. The van der Waals surface area contributed by atoms with Crippen LogP contribution < -0.4 is 10.1 Å². The molecule has 1 saturated heterocycles. The van der Waals surface area contributed by atoms with Gasteiger partial charge < -0.3 is 19.5 Å². The highest BCUT2D eigenvalue weighted by atomic mass is 16.5. The van der Waals surface area contributed by atoms with Crippen LogP contribution >= 0.6 is 0 Å². The molecule has 0 radical (unpaired) electrons. The molecule has 0 unspecified atom stereocenters. The molecule has 0 saturated carbocycles. The maximum Gasteiger partial charge on any atom is 0.255 e. The van der Waals surface area contributed by atoms with Crippen molar-refractivity contribution < 1.29 is 18.8 Å². The number of hydrogen-bond acceptors (Lipinski definition) is 5. The fourth-order valence-corrected chi connectivity index (χ4v) is 3.48. The Hall–Kier alpha value is -2.83. The minimum atomic E-state index is -0.179. The molecule has 156 valence electrons. The Morgan fingerprint density at radius 1 is 1.24 bits per heavy atom. The Kier molecular flexibility index (Phi) is 7.27. The van der Waals surface area contributed by atoms with E-state index in [4.69, 9.17) is 9.26 Å². The van der Waals surface area contributed by atoms with Gasteiger partial charge in [0, 0.05) is 26.1 Å². The molecule has 2 heterocycles. The Bertz CT molecular complexity index is 827. The zero-order valence-corrected chi connectivity index (χ0v) is 17.2. The van der Waals surface area contributed by atoms with E-state index in [9.17, 15) is 9.59 Å². The van der Waals surface area contributed by atoms with Gasteiger partial charge in [-0.1, -0.05) is 23.7 Å². The van der Waals surface area contributed by atoms with Gasteiger partial charge in [0.25, 0.3) is 5.91 Å².